The minimum absolute atomic E-state index is 0.0603. The maximum Gasteiger partial charge on any atom is 0.387 e. The lowest BCUT2D eigenvalue weighted by atomic mass is 9.77. The molecule has 0 amide bonds. The van der Waals surface area contributed by atoms with Crippen molar-refractivity contribution in [2.75, 3.05) is 6.61 Å². The van der Waals surface area contributed by atoms with E-state index in [1.807, 2.05) is 13.0 Å². The first-order valence-electron chi connectivity index (χ1n) is 17.3. The Bertz CT molecular complexity index is 1790. The molecule has 1 aromatic heterocycles. The fraction of sp³-hybridized carbons (Fsp3) is 0.535. The fourth-order valence-electron chi connectivity index (χ4n) is 6.07. The van der Waals surface area contributed by atoms with E-state index < -0.39 is 8.24 Å². The number of fused-ring (bicyclic) bond motifs is 3. The second-order valence-electron chi connectivity index (χ2n) is 19.0. The van der Waals surface area contributed by atoms with Crippen molar-refractivity contribution in [3.8, 4) is 5.75 Å². The third-order valence-electron chi connectivity index (χ3n) is 9.14. The van der Waals surface area contributed by atoms with Gasteiger partial charge in [-0.3, -0.25) is 4.52 Å². The SMILES string of the molecule is C=C(COp1oc2c(C(C)(C)C)cc(C(C)(C)C)cc2c2cc(C(C)(C)C)cc(C(C)(C)C)c2o1)Cc1cc(C)c(O)c(C(C)(C)C)c1. The predicted octanol–water partition coefficient (Wildman–Crippen LogP) is 13.0. The molecule has 0 aliphatic rings. The van der Waals surface area contributed by atoms with Crippen LogP contribution in [0.25, 0.3) is 21.9 Å². The van der Waals surface area contributed by atoms with Crippen LogP contribution < -0.4 is 4.52 Å². The Morgan fingerprint density at radius 3 is 1.42 bits per heavy atom. The van der Waals surface area contributed by atoms with Crippen LogP contribution in [0.3, 0.4) is 0 Å². The van der Waals surface area contributed by atoms with Crippen LogP contribution in [0.2, 0.25) is 0 Å². The molecule has 4 rings (SSSR count). The Labute approximate surface area is 291 Å². The number of hydrogen-bond donors (Lipinski definition) is 1. The number of aryl methyl sites for hydroxylation is 1. The number of phenols is 1. The van der Waals surface area contributed by atoms with Crippen LogP contribution in [0.15, 0.2) is 56.9 Å². The van der Waals surface area contributed by atoms with Gasteiger partial charge in [-0.05, 0) is 85.9 Å². The first-order chi connectivity index (χ1) is 21.7. The maximum absolute atomic E-state index is 10.8. The minimum atomic E-state index is -1.82. The molecule has 0 aliphatic carbocycles. The molecule has 48 heavy (non-hydrogen) atoms. The number of benzene rings is 3. The molecule has 1 heterocycles. The number of hydrogen-bond acceptors (Lipinski definition) is 4. The molecular formula is C43H61O4P. The molecule has 0 saturated heterocycles. The van der Waals surface area contributed by atoms with Gasteiger partial charge in [-0.1, -0.05) is 135 Å². The highest BCUT2D eigenvalue weighted by Gasteiger charge is 2.29. The summed E-state index contributed by atoms with van der Waals surface area (Å²) in [6.45, 7) is 40.1. The molecule has 0 spiro atoms. The van der Waals surface area contributed by atoms with Gasteiger partial charge in [-0.2, -0.15) is 0 Å². The lowest BCUT2D eigenvalue weighted by Gasteiger charge is -2.27. The van der Waals surface area contributed by atoms with E-state index >= 15 is 0 Å². The molecule has 0 saturated carbocycles. The Balaban J connectivity index is 1.98. The highest BCUT2D eigenvalue weighted by atomic mass is 31.1. The fourth-order valence-corrected chi connectivity index (χ4v) is 7.19. The van der Waals surface area contributed by atoms with Crippen molar-refractivity contribution < 1.29 is 18.0 Å². The van der Waals surface area contributed by atoms with Crippen LogP contribution >= 0.6 is 8.24 Å². The average molecular weight is 673 g/mol. The summed E-state index contributed by atoms with van der Waals surface area (Å²) < 4.78 is 20.4. The van der Waals surface area contributed by atoms with E-state index in [9.17, 15) is 5.11 Å². The van der Waals surface area contributed by atoms with Gasteiger partial charge < -0.3 is 13.5 Å². The summed E-state index contributed by atoms with van der Waals surface area (Å²) >= 11 is 0. The van der Waals surface area contributed by atoms with Gasteiger partial charge in [0, 0.05) is 21.9 Å². The van der Waals surface area contributed by atoms with Crippen molar-refractivity contribution in [1.82, 2.24) is 0 Å². The van der Waals surface area contributed by atoms with Crippen molar-refractivity contribution in [2.24, 2.45) is 0 Å². The van der Waals surface area contributed by atoms with Gasteiger partial charge in [0.2, 0.25) is 0 Å². The van der Waals surface area contributed by atoms with Crippen LogP contribution in [0, 0.1) is 6.92 Å². The molecule has 262 valence electrons. The summed E-state index contributed by atoms with van der Waals surface area (Å²) in [6, 6.07) is 13.4. The average Bonchev–Trinajstić information content (AvgIpc) is 3.06. The van der Waals surface area contributed by atoms with E-state index in [-0.39, 0.29) is 33.7 Å². The van der Waals surface area contributed by atoms with Crippen molar-refractivity contribution in [1.29, 1.82) is 0 Å². The molecule has 0 aliphatic heterocycles. The van der Waals surface area contributed by atoms with Gasteiger partial charge in [-0.15, -0.1) is 0 Å². The van der Waals surface area contributed by atoms with E-state index in [1.165, 1.54) is 11.1 Å². The van der Waals surface area contributed by atoms with Gasteiger partial charge >= 0.3 is 8.24 Å². The summed E-state index contributed by atoms with van der Waals surface area (Å²) in [4.78, 5) is 0. The maximum atomic E-state index is 10.8. The molecule has 4 nitrogen and oxygen atoms in total. The smallest absolute Gasteiger partial charge is 0.387 e. The summed E-state index contributed by atoms with van der Waals surface area (Å²) in [6.07, 6.45) is 0.630. The molecule has 0 atom stereocenters. The second-order valence-corrected chi connectivity index (χ2v) is 20.0. The number of phenolic OH excluding ortho intramolecular Hbond substituents is 1. The van der Waals surface area contributed by atoms with Crippen molar-refractivity contribution in [2.45, 2.75) is 144 Å². The van der Waals surface area contributed by atoms with Gasteiger partial charge in [0.05, 0.1) is 6.61 Å². The monoisotopic (exact) mass is 672 g/mol. The van der Waals surface area contributed by atoms with E-state index in [2.05, 4.69) is 141 Å². The van der Waals surface area contributed by atoms with Crippen molar-refractivity contribution >= 4 is 30.2 Å². The van der Waals surface area contributed by atoms with E-state index in [1.54, 1.807) is 0 Å². The Morgan fingerprint density at radius 1 is 0.625 bits per heavy atom. The summed E-state index contributed by atoms with van der Waals surface area (Å²) in [5.41, 5.74) is 9.64. The highest BCUT2D eigenvalue weighted by Crippen LogP contribution is 2.45. The molecule has 0 fully saturated rings. The predicted molar refractivity (Wildman–Crippen MR) is 207 cm³/mol. The molecule has 3 aromatic carbocycles. The normalized spacial score (nSPS) is 13.4. The topological polar surface area (TPSA) is 55.7 Å². The first-order valence-corrected chi connectivity index (χ1v) is 18.4. The molecule has 0 radical (unpaired) electrons. The van der Waals surface area contributed by atoms with Gasteiger partial charge in [0.1, 0.15) is 16.9 Å². The quantitative estimate of drug-likeness (QED) is 0.214. The zero-order chi connectivity index (χ0) is 36.4. The lowest BCUT2D eigenvalue weighted by molar-refractivity contribution is 0.400. The Hall–Kier alpha value is -2.94. The summed E-state index contributed by atoms with van der Waals surface area (Å²) in [5, 5.41) is 12.9. The molecule has 1 N–H and O–H groups in total. The van der Waals surface area contributed by atoms with E-state index in [4.69, 9.17) is 12.9 Å². The van der Waals surface area contributed by atoms with Crippen LogP contribution in [-0.2, 0) is 33.5 Å². The molecule has 4 aromatic rings. The number of rotatable bonds is 5. The Kier molecular flexibility index (Phi) is 10.1. The van der Waals surface area contributed by atoms with Crippen LogP contribution in [0.4, 0.5) is 0 Å². The summed E-state index contributed by atoms with van der Waals surface area (Å²) in [7, 11) is -1.82. The van der Waals surface area contributed by atoms with Crippen LogP contribution in [-0.4, -0.2) is 11.7 Å². The van der Waals surface area contributed by atoms with E-state index in [0.717, 1.165) is 55.3 Å². The van der Waals surface area contributed by atoms with Gasteiger partial charge in [0.15, 0.2) is 0 Å². The summed E-state index contributed by atoms with van der Waals surface area (Å²) in [5.74, 6) is 0.364. The van der Waals surface area contributed by atoms with Gasteiger partial charge in [-0.25, -0.2) is 0 Å². The third kappa shape index (κ3) is 8.26. The molecule has 0 unspecified atom stereocenters. The van der Waals surface area contributed by atoms with Crippen molar-refractivity contribution in [3.05, 3.63) is 87.5 Å². The molecule has 0 bridgehead atoms. The first kappa shape index (κ1) is 37.9. The third-order valence-corrected chi connectivity index (χ3v) is 10.1. The second kappa shape index (κ2) is 12.7. The number of aromatic hydroxyl groups is 1. The van der Waals surface area contributed by atoms with Crippen LogP contribution in [0.1, 0.15) is 143 Å². The molecular weight excluding hydrogens is 611 g/mol. The van der Waals surface area contributed by atoms with Crippen molar-refractivity contribution in [3.63, 3.8) is 0 Å². The van der Waals surface area contributed by atoms with E-state index in [0.29, 0.717) is 12.2 Å². The Morgan fingerprint density at radius 2 is 1.04 bits per heavy atom. The standard InChI is InChI=1S/C43H61O4P/c1-26(18-28-19-27(2)36(44)33(20-28)41(9,10)11)25-45-48-46-37-31(21-29(39(3,4)5)23-34(37)42(12,13)14)32-22-30(40(6,7)8)24-35(38(32)47-48)43(15,16)17/h19-24,44H,1,18,25H2,2-17H3. The van der Waals surface area contributed by atoms with Crippen LogP contribution in [0.5, 0.6) is 5.75 Å². The lowest BCUT2D eigenvalue weighted by Crippen LogP contribution is -2.17. The largest absolute Gasteiger partial charge is 0.507 e. The van der Waals surface area contributed by atoms with Gasteiger partial charge in [0.25, 0.3) is 0 Å². The highest BCUT2D eigenvalue weighted by molar-refractivity contribution is 7.31. The zero-order valence-corrected chi connectivity index (χ0v) is 33.6. The minimum Gasteiger partial charge on any atom is -0.507 e. The zero-order valence-electron chi connectivity index (χ0n) is 32.7. The molecule has 5 heteroatoms.